The van der Waals surface area contributed by atoms with E-state index in [1.165, 1.54) is 25.7 Å². The predicted octanol–water partition coefficient (Wildman–Crippen LogP) is 0.945. The van der Waals surface area contributed by atoms with Gasteiger partial charge < -0.3 is 25.0 Å². The lowest BCUT2D eigenvalue weighted by Gasteiger charge is -2.17. The topological polar surface area (TPSA) is 96.6 Å². The van der Waals surface area contributed by atoms with Crippen molar-refractivity contribution < 1.29 is 9.84 Å². The summed E-state index contributed by atoms with van der Waals surface area (Å²) in [7, 11) is 0. The van der Waals surface area contributed by atoms with Gasteiger partial charge in [-0.2, -0.15) is 0 Å². The van der Waals surface area contributed by atoms with Gasteiger partial charge >= 0.3 is 0 Å². The molecule has 0 bridgehead atoms. The molecule has 1 fully saturated rings. The summed E-state index contributed by atoms with van der Waals surface area (Å²) in [5.41, 5.74) is 0. The zero-order valence-corrected chi connectivity index (χ0v) is 17.3. The molecular weight excluding hydrogens is 435 g/mol. The average Bonchev–Trinajstić information content (AvgIpc) is 3.25. The zero-order valence-electron chi connectivity index (χ0n) is 15.0. The first-order valence-corrected chi connectivity index (χ1v) is 8.93. The minimum Gasteiger partial charge on any atom is -0.394 e. The Kier molecular flexibility index (Phi) is 11.7. The number of ether oxygens (including phenoxy) is 1. The Balaban J connectivity index is 0.00000312. The van der Waals surface area contributed by atoms with Crippen LogP contribution in [0.1, 0.15) is 38.4 Å². The standard InChI is InChI=1S/C16H30N6O2.HI/c1-2-15-21-19-13-22(15)9-7-17-16(18-8-11-24-12-10-23)20-14-5-3-4-6-14;/h13-14,23H,2-12H2,1H3,(H2,17,18,20);1H. The lowest BCUT2D eigenvalue weighted by Crippen LogP contribution is -2.43. The number of nitrogens with one attached hydrogen (secondary N) is 2. The maximum Gasteiger partial charge on any atom is 0.191 e. The van der Waals surface area contributed by atoms with Gasteiger partial charge in [0.25, 0.3) is 0 Å². The summed E-state index contributed by atoms with van der Waals surface area (Å²) in [5, 5.41) is 23.7. The highest BCUT2D eigenvalue weighted by atomic mass is 127. The minimum absolute atomic E-state index is 0. The molecule has 1 heterocycles. The van der Waals surface area contributed by atoms with Gasteiger partial charge in [0.15, 0.2) is 5.96 Å². The van der Waals surface area contributed by atoms with Crippen LogP contribution >= 0.6 is 24.0 Å². The molecule has 1 aliphatic carbocycles. The largest absolute Gasteiger partial charge is 0.394 e. The van der Waals surface area contributed by atoms with Crippen molar-refractivity contribution in [1.29, 1.82) is 0 Å². The number of nitrogens with zero attached hydrogens (tertiary/aromatic N) is 4. The van der Waals surface area contributed by atoms with Crippen molar-refractivity contribution in [3.63, 3.8) is 0 Å². The fourth-order valence-electron chi connectivity index (χ4n) is 2.84. The van der Waals surface area contributed by atoms with E-state index in [2.05, 4.69) is 37.3 Å². The van der Waals surface area contributed by atoms with Gasteiger partial charge in [0.05, 0.1) is 26.4 Å². The number of hydrogen-bond acceptors (Lipinski definition) is 5. The van der Waals surface area contributed by atoms with E-state index in [-0.39, 0.29) is 30.6 Å². The SMILES string of the molecule is CCc1nncn1CCNC(=NCCOCCO)NC1CCCC1.I. The molecule has 0 saturated heterocycles. The van der Waals surface area contributed by atoms with Crippen LogP contribution in [0.3, 0.4) is 0 Å². The summed E-state index contributed by atoms with van der Waals surface area (Å²) in [5.74, 6) is 1.83. The van der Waals surface area contributed by atoms with Gasteiger partial charge in [-0.15, -0.1) is 34.2 Å². The van der Waals surface area contributed by atoms with Crippen LogP contribution in [0.15, 0.2) is 11.3 Å². The molecular formula is C16H31IN6O2. The Morgan fingerprint density at radius 3 is 2.92 bits per heavy atom. The third-order valence-corrected chi connectivity index (χ3v) is 4.09. The van der Waals surface area contributed by atoms with Gasteiger partial charge in [0.2, 0.25) is 0 Å². The van der Waals surface area contributed by atoms with Crippen LogP contribution in [0.4, 0.5) is 0 Å². The Labute approximate surface area is 166 Å². The summed E-state index contributed by atoms with van der Waals surface area (Å²) in [6.07, 6.45) is 7.62. The van der Waals surface area contributed by atoms with Crippen LogP contribution in [0.5, 0.6) is 0 Å². The summed E-state index contributed by atoms with van der Waals surface area (Å²) >= 11 is 0. The summed E-state index contributed by atoms with van der Waals surface area (Å²) in [4.78, 5) is 4.57. The van der Waals surface area contributed by atoms with E-state index in [1.54, 1.807) is 6.33 Å². The second kappa shape index (κ2) is 13.3. The third kappa shape index (κ3) is 8.32. The number of halogens is 1. The number of hydrogen-bond donors (Lipinski definition) is 3. The van der Waals surface area contributed by atoms with Crippen molar-refractivity contribution in [2.24, 2.45) is 4.99 Å². The van der Waals surface area contributed by atoms with Crippen LogP contribution < -0.4 is 10.6 Å². The molecule has 1 aromatic rings. The molecule has 9 heteroatoms. The Hall–Kier alpha value is -0.940. The molecule has 1 aromatic heterocycles. The van der Waals surface area contributed by atoms with Gasteiger partial charge in [-0.05, 0) is 12.8 Å². The number of aryl methyl sites for hydroxylation is 1. The second-order valence-corrected chi connectivity index (χ2v) is 5.91. The second-order valence-electron chi connectivity index (χ2n) is 5.91. The van der Waals surface area contributed by atoms with E-state index in [0.717, 1.165) is 31.3 Å². The van der Waals surface area contributed by atoms with E-state index in [1.807, 2.05) is 0 Å². The van der Waals surface area contributed by atoms with Crippen LogP contribution in [-0.2, 0) is 17.7 Å². The Bertz CT molecular complexity index is 491. The van der Waals surface area contributed by atoms with Gasteiger partial charge in [-0.1, -0.05) is 19.8 Å². The number of rotatable bonds is 10. The lowest BCUT2D eigenvalue weighted by atomic mass is 10.2. The van der Waals surface area contributed by atoms with E-state index < -0.39 is 0 Å². The number of aliphatic hydroxyl groups is 1. The highest BCUT2D eigenvalue weighted by molar-refractivity contribution is 14.0. The summed E-state index contributed by atoms with van der Waals surface area (Å²) < 4.78 is 7.32. The smallest absolute Gasteiger partial charge is 0.191 e. The van der Waals surface area contributed by atoms with Crippen LogP contribution in [0.25, 0.3) is 0 Å². The van der Waals surface area contributed by atoms with E-state index in [0.29, 0.717) is 25.8 Å². The van der Waals surface area contributed by atoms with E-state index >= 15 is 0 Å². The van der Waals surface area contributed by atoms with Gasteiger partial charge in [-0.3, -0.25) is 4.99 Å². The molecule has 0 aliphatic heterocycles. The molecule has 0 spiro atoms. The maximum absolute atomic E-state index is 8.72. The molecule has 144 valence electrons. The Morgan fingerprint density at radius 2 is 2.20 bits per heavy atom. The van der Waals surface area contributed by atoms with Crippen molar-refractivity contribution in [2.45, 2.75) is 51.6 Å². The normalized spacial score (nSPS) is 15.2. The highest BCUT2D eigenvalue weighted by Gasteiger charge is 2.16. The fourth-order valence-corrected chi connectivity index (χ4v) is 2.84. The predicted molar refractivity (Wildman–Crippen MR) is 108 cm³/mol. The molecule has 2 rings (SSSR count). The molecule has 0 amide bonds. The number of aliphatic hydroxyl groups excluding tert-OH is 1. The molecule has 0 aromatic carbocycles. The van der Waals surface area contributed by atoms with Crippen molar-refractivity contribution in [1.82, 2.24) is 25.4 Å². The molecule has 0 atom stereocenters. The molecule has 1 saturated carbocycles. The highest BCUT2D eigenvalue weighted by Crippen LogP contribution is 2.17. The maximum atomic E-state index is 8.72. The van der Waals surface area contributed by atoms with Gasteiger partial charge in [0.1, 0.15) is 12.2 Å². The number of aliphatic imine (C=N–C) groups is 1. The quantitative estimate of drug-likeness (QED) is 0.206. The average molecular weight is 466 g/mol. The van der Waals surface area contributed by atoms with E-state index in [9.17, 15) is 0 Å². The summed E-state index contributed by atoms with van der Waals surface area (Å²) in [6, 6.07) is 0.510. The molecule has 8 nitrogen and oxygen atoms in total. The van der Waals surface area contributed by atoms with E-state index in [4.69, 9.17) is 9.84 Å². The molecule has 0 radical (unpaired) electrons. The number of guanidine groups is 1. The first-order valence-electron chi connectivity index (χ1n) is 8.93. The third-order valence-electron chi connectivity index (χ3n) is 4.09. The number of aromatic nitrogens is 3. The zero-order chi connectivity index (χ0) is 17.0. The van der Waals surface area contributed by atoms with Crippen molar-refractivity contribution >= 4 is 29.9 Å². The van der Waals surface area contributed by atoms with Crippen molar-refractivity contribution in [2.75, 3.05) is 32.9 Å². The van der Waals surface area contributed by atoms with Gasteiger partial charge in [-0.25, -0.2) is 0 Å². The van der Waals surface area contributed by atoms with Crippen molar-refractivity contribution in [3.05, 3.63) is 12.2 Å². The van der Waals surface area contributed by atoms with Crippen LogP contribution in [0.2, 0.25) is 0 Å². The van der Waals surface area contributed by atoms with Crippen molar-refractivity contribution in [3.8, 4) is 0 Å². The first kappa shape index (κ1) is 22.1. The molecule has 3 N–H and O–H groups in total. The fraction of sp³-hybridized carbons (Fsp3) is 0.812. The minimum atomic E-state index is 0. The van der Waals surface area contributed by atoms with Gasteiger partial charge in [0, 0.05) is 25.6 Å². The summed E-state index contributed by atoms with van der Waals surface area (Å²) in [6.45, 7) is 5.16. The monoisotopic (exact) mass is 466 g/mol. The molecule has 1 aliphatic rings. The lowest BCUT2D eigenvalue weighted by molar-refractivity contribution is 0.0977. The van der Waals surface area contributed by atoms with Crippen LogP contribution in [-0.4, -0.2) is 64.8 Å². The first-order chi connectivity index (χ1) is 11.8. The van der Waals surface area contributed by atoms with Crippen LogP contribution in [0, 0.1) is 0 Å². The Morgan fingerprint density at radius 1 is 1.40 bits per heavy atom. The molecule has 0 unspecified atom stereocenters. The molecule has 25 heavy (non-hydrogen) atoms.